The number of nitrogens with zero attached hydrogens (tertiary/aromatic N) is 5. The normalized spacial score (nSPS) is 20.5. The van der Waals surface area contributed by atoms with E-state index in [1.807, 2.05) is 25.1 Å². The molecule has 0 radical (unpaired) electrons. The van der Waals surface area contributed by atoms with E-state index in [1.54, 1.807) is 17.0 Å². The first-order chi connectivity index (χ1) is 25.8. The van der Waals surface area contributed by atoms with Crippen LogP contribution >= 0.6 is 0 Å². The SMILES string of the molecule is Cc1cccc(CC2CCCC2)c1-c1nc2nc(c1C)OC[C@@H](CC(C)(C)C)N(Cc1cccc(N3CCC[C@H]3C)n1)C(=O)c1cccc(c1)S(=O)(=O)N2. The van der Waals surface area contributed by atoms with Gasteiger partial charge in [0, 0.05) is 29.3 Å². The van der Waals surface area contributed by atoms with Crippen LogP contribution in [0.2, 0.25) is 0 Å². The average Bonchev–Trinajstić information content (AvgIpc) is 3.81. The Labute approximate surface area is 320 Å². The maximum absolute atomic E-state index is 14.7. The molecule has 0 spiro atoms. The molecule has 1 saturated heterocycles. The van der Waals surface area contributed by atoms with E-state index in [9.17, 15) is 13.2 Å². The zero-order valence-corrected chi connectivity index (χ0v) is 33.4. The van der Waals surface area contributed by atoms with Gasteiger partial charge in [0.05, 0.1) is 28.9 Å². The molecule has 4 bridgehead atoms. The maximum Gasteiger partial charge on any atom is 0.264 e. The van der Waals surface area contributed by atoms with Gasteiger partial charge in [-0.2, -0.15) is 4.98 Å². The number of anilines is 2. The second-order valence-electron chi connectivity index (χ2n) is 16.8. The van der Waals surface area contributed by atoms with Crippen LogP contribution in [0.15, 0.2) is 65.6 Å². The maximum atomic E-state index is 14.7. The van der Waals surface area contributed by atoms with Gasteiger partial charge in [-0.05, 0) is 99.2 Å². The van der Waals surface area contributed by atoms with Gasteiger partial charge in [-0.25, -0.2) is 23.1 Å². The fourth-order valence-electron chi connectivity index (χ4n) is 8.50. The number of amides is 1. The third kappa shape index (κ3) is 8.26. The Morgan fingerprint density at radius 3 is 2.43 bits per heavy atom. The molecule has 2 atom stereocenters. The first kappa shape index (κ1) is 37.8. The van der Waals surface area contributed by atoms with E-state index in [1.165, 1.54) is 43.4 Å². The third-order valence-corrected chi connectivity index (χ3v) is 12.6. The molecule has 0 unspecified atom stereocenters. The van der Waals surface area contributed by atoms with E-state index in [2.05, 4.69) is 62.4 Å². The van der Waals surface area contributed by atoms with Crippen LogP contribution in [0.1, 0.15) is 105 Å². The lowest BCUT2D eigenvalue weighted by Gasteiger charge is -2.36. The lowest BCUT2D eigenvalue weighted by Crippen LogP contribution is -2.45. The van der Waals surface area contributed by atoms with Crippen molar-refractivity contribution < 1.29 is 17.9 Å². The van der Waals surface area contributed by atoms with Crippen LogP contribution in [0, 0.1) is 25.2 Å². The predicted molar refractivity (Wildman–Crippen MR) is 213 cm³/mol. The van der Waals surface area contributed by atoms with E-state index in [0.717, 1.165) is 54.0 Å². The summed E-state index contributed by atoms with van der Waals surface area (Å²) in [6.45, 7) is 14.0. The van der Waals surface area contributed by atoms with Crippen LogP contribution in [-0.4, -0.2) is 59.4 Å². The van der Waals surface area contributed by atoms with Gasteiger partial charge in [0.15, 0.2) is 0 Å². The van der Waals surface area contributed by atoms with Gasteiger partial charge in [-0.15, -0.1) is 0 Å². The summed E-state index contributed by atoms with van der Waals surface area (Å²) >= 11 is 0. The fourth-order valence-corrected chi connectivity index (χ4v) is 9.49. The van der Waals surface area contributed by atoms with Gasteiger partial charge >= 0.3 is 0 Å². The highest BCUT2D eigenvalue weighted by Gasteiger charge is 2.33. The number of aryl methyl sites for hydroxylation is 1. The van der Waals surface area contributed by atoms with Crippen LogP contribution in [0.3, 0.4) is 0 Å². The van der Waals surface area contributed by atoms with Crippen molar-refractivity contribution in [2.24, 2.45) is 11.3 Å². The van der Waals surface area contributed by atoms with Gasteiger partial charge < -0.3 is 14.5 Å². The molecule has 1 saturated carbocycles. The second kappa shape index (κ2) is 15.3. The molecule has 1 aliphatic carbocycles. The molecule has 4 heterocycles. The van der Waals surface area contributed by atoms with Gasteiger partial charge in [0.1, 0.15) is 12.4 Å². The summed E-state index contributed by atoms with van der Waals surface area (Å²) in [6, 6.07) is 18.5. The molecule has 11 heteroatoms. The van der Waals surface area contributed by atoms with Crippen molar-refractivity contribution in [2.75, 3.05) is 22.8 Å². The number of sulfonamides is 1. The van der Waals surface area contributed by atoms with Crippen molar-refractivity contribution in [1.29, 1.82) is 0 Å². The lowest BCUT2D eigenvalue weighted by atomic mass is 9.87. The van der Waals surface area contributed by atoms with Crippen LogP contribution in [0.25, 0.3) is 11.3 Å². The molecule has 1 N–H and O–H groups in total. The molecule has 2 aromatic carbocycles. The highest BCUT2D eigenvalue weighted by molar-refractivity contribution is 7.92. The Morgan fingerprint density at radius 1 is 0.926 bits per heavy atom. The Kier molecular flexibility index (Phi) is 10.7. The molecular formula is C43H54N6O4S. The number of rotatable bonds is 7. The first-order valence-corrected chi connectivity index (χ1v) is 21.0. The zero-order chi connectivity index (χ0) is 38.2. The van der Waals surface area contributed by atoms with E-state index >= 15 is 0 Å². The molecule has 10 nitrogen and oxygen atoms in total. The molecular weight excluding hydrogens is 697 g/mol. The number of carbonyl (C=O) groups excluding carboxylic acids is 1. The Bertz CT molecular complexity index is 2120. The van der Waals surface area contributed by atoms with Crippen LogP contribution < -0.4 is 14.4 Å². The highest BCUT2D eigenvalue weighted by Crippen LogP contribution is 2.38. The number of fused-ring (bicyclic) bond motifs is 4. The molecule has 2 fully saturated rings. The summed E-state index contributed by atoms with van der Waals surface area (Å²) in [4.78, 5) is 33.5. The average molecular weight is 751 g/mol. The Balaban J connectivity index is 1.34. The smallest absolute Gasteiger partial charge is 0.264 e. The minimum absolute atomic E-state index is 0.0472. The standard InChI is InChI=1S/C43H54N6O4S/c1-28-13-9-17-32(23-31-15-7-8-16-31)38(28)39-30(3)40-46-42(45-39)47-54(51,52)36-20-10-18-33(24-36)41(50)49(35(27-53-40)25-43(4,5)6)26-34-19-11-21-37(44-34)48-22-12-14-29(48)2/h9-11,13,17-21,24,29,31,35H,7-8,12,14-16,22-23,25-27H2,1-6H3,(H,45,46,47)/t29-,35-/m1/s1. The van der Waals surface area contributed by atoms with E-state index in [4.69, 9.17) is 19.7 Å². The van der Waals surface area contributed by atoms with E-state index < -0.39 is 16.1 Å². The number of nitrogens with one attached hydrogen (secondary N) is 1. The second-order valence-corrected chi connectivity index (χ2v) is 18.4. The molecule has 3 aliphatic rings. The lowest BCUT2D eigenvalue weighted by molar-refractivity contribution is 0.0508. The predicted octanol–water partition coefficient (Wildman–Crippen LogP) is 8.52. The summed E-state index contributed by atoms with van der Waals surface area (Å²) in [5, 5.41) is 0. The fraction of sp³-hybridized carbons (Fsp3) is 0.488. The van der Waals surface area contributed by atoms with Crippen molar-refractivity contribution in [3.63, 3.8) is 0 Å². The first-order valence-electron chi connectivity index (χ1n) is 19.5. The van der Waals surface area contributed by atoms with Crippen molar-refractivity contribution in [3.05, 3.63) is 88.6 Å². The third-order valence-electron chi connectivity index (χ3n) is 11.2. The van der Waals surface area contributed by atoms with Crippen molar-refractivity contribution in [3.8, 4) is 17.1 Å². The van der Waals surface area contributed by atoms with Crippen LogP contribution in [0.5, 0.6) is 5.88 Å². The number of carbonyl (C=O) groups is 1. The van der Waals surface area contributed by atoms with Gasteiger partial charge in [-0.3, -0.25) is 4.79 Å². The summed E-state index contributed by atoms with van der Waals surface area (Å²) in [7, 11) is -4.19. The van der Waals surface area contributed by atoms with Gasteiger partial charge in [0.25, 0.3) is 15.9 Å². The number of aromatic nitrogens is 3. The summed E-state index contributed by atoms with van der Waals surface area (Å²) < 4.78 is 37.4. The monoisotopic (exact) mass is 750 g/mol. The largest absolute Gasteiger partial charge is 0.475 e. The van der Waals surface area contributed by atoms with Crippen molar-refractivity contribution in [2.45, 2.75) is 116 Å². The van der Waals surface area contributed by atoms with Crippen molar-refractivity contribution >= 4 is 27.7 Å². The molecule has 2 aromatic heterocycles. The van der Waals surface area contributed by atoms with Gasteiger partial charge in [0.2, 0.25) is 11.8 Å². The molecule has 286 valence electrons. The van der Waals surface area contributed by atoms with E-state index in [0.29, 0.717) is 24.1 Å². The topological polar surface area (TPSA) is 118 Å². The minimum Gasteiger partial charge on any atom is -0.475 e. The number of hydrogen-bond acceptors (Lipinski definition) is 8. The number of pyridine rings is 1. The Morgan fingerprint density at radius 2 is 1.69 bits per heavy atom. The van der Waals surface area contributed by atoms with Gasteiger partial charge in [-0.1, -0.05) is 76.8 Å². The summed E-state index contributed by atoms with van der Waals surface area (Å²) in [5.74, 6) is 1.42. The zero-order valence-electron chi connectivity index (χ0n) is 32.6. The summed E-state index contributed by atoms with van der Waals surface area (Å²) in [6.07, 6.45) is 8.69. The molecule has 2 aliphatic heterocycles. The molecule has 1 amide bonds. The number of ether oxygens (including phenoxy) is 1. The van der Waals surface area contributed by atoms with E-state index in [-0.39, 0.29) is 46.8 Å². The minimum atomic E-state index is -4.19. The molecule has 54 heavy (non-hydrogen) atoms. The molecule has 4 aromatic rings. The summed E-state index contributed by atoms with van der Waals surface area (Å²) in [5.41, 5.74) is 5.43. The number of benzene rings is 2. The highest BCUT2D eigenvalue weighted by atomic mass is 32.2. The van der Waals surface area contributed by atoms with Crippen LogP contribution in [-0.2, 0) is 23.0 Å². The Hall–Kier alpha value is -4.51. The van der Waals surface area contributed by atoms with Crippen LogP contribution in [0.4, 0.5) is 11.8 Å². The number of hydrogen-bond donors (Lipinski definition) is 1. The van der Waals surface area contributed by atoms with Crippen molar-refractivity contribution in [1.82, 2.24) is 19.9 Å². The molecule has 7 rings (SSSR count). The quantitative estimate of drug-likeness (QED) is 0.200.